The number of hydrogen-bond donors (Lipinski definition) is 1. The molecule has 0 aromatic heterocycles. The lowest BCUT2D eigenvalue weighted by atomic mass is 9.93. The van der Waals surface area contributed by atoms with Crippen molar-refractivity contribution < 1.29 is 5.11 Å². The molecule has 1 nitrogen and oxygen atoms in total. The predicted octanol–water partition coefficient (Wildman–Crippen LogP) is 4.17. The maximum absolute atomic E-state index is 8.78. The average Bonchev–Trinajstić information content (AvgIpc) is 2.30. The highest BCUT2D eigenvalue weighted by Gasteiger charge is 2.11. The van der Waals surface area contributed by atoms with E-state index in [0.717, 1.165) is 30.7 Å². The van der Waals surface area contributed by atoms with Crippen molar-refractivity contribution in [1.82, 2.24) is 0 Å². The standard InChI is InChI=1S/C14H21ClO/c1-3-12(4-2)13-8-7-11(6-5-9-16)10-14(13)15/h7-8,10,12,16H,3-6,9H2,1-2H3. The van der Waals surface area contributed by atoms with Crippen LogP contribution < -0.4 is 0 Å². The number of rotatable bonds is 6. The molecule has 0 heterocycles. The van der Waals surface area contributed by atoms with Crippen molar-refractivity contribution in [2.24, 2.45) is 0 Å². The summed E-state index contributed by atoms with van der Waals surface area (Å²) in [5.41, 5.74) is 2.48. The van der Waals surface area contributed by atoms with E-state index < -0.39 is 0 Å². The second kappa shape index (κ2) is 6.93. The van der Waals surface area contributed by atoms with Crippen LogP contribution in [0.2, 0.25) is 5.02 Å². The van der Waals surface area contributed by atoms with Crippen molar-refractivity contribution in [2.75, 3.05) is 6.61 Å². The molecule has 1 N–H and O–H groups in total. The minimum Gasteiger partial charge on any atom is -0.396 e. The van der Waals surface area contributed by atoms with Crippen molar-refractivity contribution in [1.29, 1.82) is 0 Å². The molecule has 0 amide bonds. The Bertz CT molecular complexity index is 319. The first-order valence-corrected chi connectivity index (χ1v) is 6.49. The van der Waals surface area contributed by atoms with E-state index in [1.807, 2.05) is 6.07 Å². The number of aliphatic hydroxyl groups excluding tert-OH is 1. The number of aryl methyl sites for hydroxylation is 1. The summed E-state index contributed by atoms with van der Waals surface area (Å²) >= 11 is 6.30. The van der Waals surface area contributed by atoms with Crippen LogP contribution in [0.25, 0.3) is 0 Å². The Morgan fingerprint density at radius 1 is 1.25 bits per heavy atom. The summed E-state index contributed by atoms with van der Waals surface area (Å²) in [6.07, 6.45) is 3.97. The highest BCUT2D eigenvalue weighted by molar-refractivity contribution is 6.31. The van der Waals surface area contributed by atoms with Gasteiger partial charge in [-0.05, 0) is 48.8 Å². The summed E-state index contributed by atoms with van der Waals surface area (Å²) < 4.78 is 0. The Labute approximate surface area is 103 Å². The highest BCUT2D eigenvalue weighted by atomic mass is 35.5. The molecule has 0 aliphatic carbocycles. The van der Waals surface area contributed by atoms with Crippen LogP contribution in [-0.2, 0) is 6.42 Å². The van der Waals surface area contributed by atoms with E-state index >= 15 is 0 Å². The minimum atomic E-state index is 0.242. The summed E-state index contributed by atoms with van der Waals surface area (Å²) in [6.45, 7) is 4.64. The lowest BCUT2D eigenvalue weighted by Gasteiger charge is -2.15. The molecule has 1 aromatic carbocycles. The zero-order chi connectivity index (χ0) is 12.0. The van der Waals surface area contributed by atoms with Crippen LogP contribution in [0.1, 0.15) is 50.2 Å². The van der Waals surface area contributed by atoms with Gasteiger partial charge in [0.25, 0.3) is 0 Å². The van der Waals surface area contributed by atoms with E-state index in [9.17, 15) is 0 Å². The Balaban J connectivity index is 2.82. The Morgan fingerprint density at radius 3 is 2.44 bits per heavy atom. The van der Waals surface area contributed by atoms with Crippen LogP contribution >= 0.6 is 11.6 Å². The smallest absolute Gasteiger partial charge is 0.0443 e. The van der Waals surface area contributed by atoms with Crippen molar-refractivity contribution in [2.45, 2.75) is 45.4 Å². The van der Waals surface area contributed by atoms with Crippen molar-refractivity contribution in [3.8, 4) is 0 Å². The molecular weight excluding hydrogens is 220 g/mol. The normalized spacial score (nSPS) is 11.1. The van der Waals surface area contributed by atoms with Crippen molar-refractivity contribution in [3.05, 3.63) is 34.3 Å². The summed E-state index contributed by atoms with van der Waals surface area (Å²) in [5.74, 6) is 0.569. The van der Waals surface area contributed by atoms with Crippen LogP contribution in [-0.4, -0.2) is 11.7 Å². The third kappa shape index (κ3) is 3.50. The maximum Gasteiger partial charge on any atom is 0.0443 e. The molecule has 0 bridgehead atoms. The maximum atomic E-state index is 8.78. The first-order chi connectivity index (χ1) is 7.72. The molecular formula is C14H21ClO. The van der Waals surface area contributed by atoms with Gasteiger partial charge in [-0.2, -0.15) is 0 Å². The van der Waals surface area contributed by atoms with Gasteiger partial charge < -0.3 is 5.11 Å². The van der Waals surface area contributed by atoms with Crippen LogP contribution in [0.3, 0.4) is 0 Å². The molecule has 0 unspecified atom stereocenters. The third-order valence-electron chi connectivity index (χ3n) is 3.11. The Kier molecular flexibility index (Phi) is 5.86. The van der Waals surface area contributed by atoms with E-state index in [0.29, 0.717) is 5.92 Å². The quantitative estimate of drug-likeness (QED) is 0.791. The fourth-order valence-electron chi connectivity index (χ4n) is 2.07. The van der Waals surface area contributed by atoms with Gasteiger partial charge in [0.15, 0.2) is 0 Å². The summed E-state index contributed by atoms with van der Waals surface area (Å²) in [7, 11) is 0. The number of aliphatic hydroxyl groups is 1. The van der Waals surface area contributed by atoms with Gasteiger partial charge in [0.1, 0.15) is 0 Å². The fourth-order valence-corrected chi connectivity index (χ4v) is 2.43. The predicted molar refractivity (Wildman–Crippen MR) is 70.2 cm³/mol. The van der Waals surface area contributed by atoms with E-state index in [2.05, 4.69) is 26.0 Å². The van der Waals surface area contributed by atoms with E-state index in [1.165, 1.54) is 11.1 Å². The van der Waals surface area contributed by atoms with Gasteiger partial charge in [-0.25, -0.2) is 0 Å². The minimum absolute atomic E-state index is 0.242. The average molecular weight is 241 g/mol. The summed E-state index contributed by atoms with van der Waals surface area (Å²) in [6, 6.07) is 6.33. The molecule has 0 spiro atoms. The highest BCUT2D eigenvalue weighted by Crippen LogP contribution is 2.30. The molecule has 2 heteroatoms. The van der Waals surface area contributed by atoms with E-state index in [-0.39, 0.29) is 6.61 Å². The molecule has 0 radical (unpaired) electrons. The Morgan fingerprint density at radius 2 is 1.94 bits per heavy atom. The van der Waals surface area contributed by atoms with Gasteiger partial charge in [-0.3, -0.25) is 0 Å². The molecule has 1 aromatic rings. The van der Waals surface area contributed by atoms with Crippen LogP contribution in [0.15, 0.2) is 18.2 Å². The number of benzene rings is 1. The van der Waals surface area contributed by atoms with Crippen molar-refractivity contribution >= 4 is 11.6 Å². The van der Waals surface area contributed by atoms with E-state index in [4.69, 9.17) is 16.7 Å². The zero-order valence-electron chi connectivity index (χ0n) is 10.2. The van der Waals surface area contributed by atoms with Gasteiger partial charge in [-0.1, -0.05) is 37.6 Å². The first-order valence-electron chi connectivity index (χ1n) is 6.12. The molecule has 90 valence electrons. The van der Waals surface area contributed by atoms with Gasteiger partial charge in [0.2, 0.25) is 0 Å². The molecule has 0 atom stereocenters. The molecule has 16 heavy (non-hydrogen) atoms. The Hall–Kier alpha value is -0.530. The van der Waals surface area contributed by atoms with Crippen molar-refractivity contribution in [3.63, 3.8) is 0 Å². The lowest BCUT2D eigenvalue weighted by molar-refractivity contribution is 0.288. The van der Waals surface area contributed by atoms with E-state index in [1.54, 1.807) is 0 Å². The van der Waals surface area contributed by atoms with Crippen LogP contribution in [0.5, 0.6) is 0 Å². The molecule has 0 saturated heterocycles. The number of hydrogen-bond acceptors (Lipinski definition) is 1. The largest absolute Gasteiger partial charge is 0.396 e. The van der Waals surface area contributed by atoms with Crippen LogP contribution in [0, 0.1) is 0 Å². The zero-order valence-corrected chi connectivity index (χ0v) is 10.9. The van der Waals surface area contributed by atoms with Gasteiger partial charge in [0, 0.05) is 11.6 Å². The topological polar surface area (TPSA) is 20.2 Å². The van der Waals surface area contributed by atoms with Gasteiger partial charge >= 0.3 is 0 Å². The first kappa shape index (κ1) is 13.5. The summed E-state index contributed by atoms with van der Waals surface area (Å²) in [4.78, 5) is 0. The second-order valence-corrected chi connectivity index (χ2v) is 4.60. The fraction of sp³-hybridized carbons (Fsp3) is 0.571. The number of halogens is 1. The molecule has 0 aliphatic rings. The summed E-state index contributed by atoms with van der Waals surface area (Å²) in [5, 5.41) is 9.66. The molecule has 0 fully saturated rings. The lowest BCUT2D eigenvalue weighted by Crippen LogP contribution is -1.98. The molecule has 1 rings (SSSR count). The SMILES string of the molecule is CCC(CC)c1ccc(CCCO)cc1Cl. The molecule has 0 saturated carbocycles. The van der Waals surface area contributed by atoms with Gasteiger partial charge in [-0.15, -0.1) is 0 Å². The molecule has 0 aliphatic heterocycles. The van der Waals surface area contributed by atoms with Gasteiger partial charge in [0.05, 0.1) is 0 Å². The monoisotopic (exact) mass is 240 g/mol. The van der Waals surface area contributed by atoms with Crippen LogP contribution in [0.4, 0.5) is 0 Å². The second-order valence-electron chi connectivity index (χ2n) is 4.20. The third-order valence-corrected chi connectivity index (χ3v) is 3.44.